The maximum absolute atomic E-state index is 14.5. The van der Waals surface area contributed by atoms with E-state index in [0.29, 0.717) is 24.0 Å². The average molecular weight is 1010 g/mol. The predicted molar refractivity (Wildman–Crippen MR) is 275 cm³/mol. The summed E-state index contributed by atoms with van der Waals surface area (Å²) in [5.41, 5.74) is 19.1. The number of amides is 9. The lowest BCUT2D eigenvalue weighted by Crippen LogP contribution is -2.59. The summed E-state index contributed by atoms with van der Waals surface area (Å²) in [5, 5.41) is 24.1. The van der Waals surface area contributed by atoms with Crippen LogP contribution in [0.25, 0.3) is 21.7 Å². The largest absolute Gasteiger partial charge is 0.370 e. The Kier molecular flexibility index (Phi) is 21.5. The monoisotopic (exact) mass is 1010 g/mol. The van der Waals surface area contributed by atoms with E-state index in [9.17, 15) is 43.2 Å². The second-order valence-corrected chi connectivity index (χ2v) is 18.2. The topological polar surface area (TPSA) is 356 Å². The summed E-state index contributed by atoms with van der Waals surface area (Å²) in [4.78, 5) is 130. The molecule has 4 aromatic rings. The van der Waals surface area contributed by atoms with E-state index in [1.54, 1.807) is 6.20 Å². The molecule has 1 saturated heterocycles. The molecule has 0 spiro atoms. The number of hydrogen-bond acceptors (Lipinski definition) is 10. The van der Waals surface area contributed by atoms with Crippen LogP contribution in [0.15, 0.2) is 77.9 Å². The van der Waals surface area contributed by atoms with Crippen LogP contribution in [-0.4, -0.2) is 120 Å². The van der Waals surface area contributed by atoms with Crippen molar-refractivity contribution in [2.45, 2.75) is 127 Å². The van der Waals surface area contributed by atoms with Crippen molar-refractivity contribution >= 4 is 80.8 Å². The molecule has 5 rings (SSSR count). The van der Waals surface area contributed by atoms with Gasteiger partial charge in [-0.25, -0.2) is 0 Å². The number of guanidine groups is 1. The van der Waals surface area contributed by atoms with Gasteiger partial charge in [-0.3, -0.25) is 48.1 Å². The number of aliphatic imine (C=N–C) groups is 1. The van der Waals surface area contributed by atoms with Crippen LogP contribution in [0.3, 0.4) is 0 Å². The van der Waals surface area contributed by atoms with Gasteiger partial charge < -0.3 is 64.7 Å². The Hall–Kier alpha value is -8.04. The average Bonchev–Trinajstić information content (AvgIpc) is 3.76. The molecule has 392 valence electrons. The van der Waals surface area contributed by atoms with Gasteiger partial charge in [0, 0.05) is 62.9 Å². The normalized spacial score (nSPS) is 20.7. The second kappa shape index (κ2) is 28.1. The minimum atomic E-state index is -1.42. The SMILES string of the molecule is CCCCC(NC(C)=O)C(=O)NC1CC(=O)NCCCCC(C(N)=O)NC(=O)C(Cc2c[nH]c3ccccc23)NC(=O)C(CCCN=C(N)N)NC(=O)C(Cc2ccc3ccccc3c2)NC(=O)CCNC1=O. The minimum absolute atomic E-state index is 0.0131. The number of nitrogens with zero attached hydrogens (tertiary/aromatic N) is 1. The Balaban J connectivity index is 1.48. The molecule has 22 heteroatoms. The Morgan fingerprint density at radius 1 is 0.740 bits per heavy atom. The van der Waals surface area contributed by atoms with Crippen molar-refractivity contribution < 1.29 is 43.2 Å². The van der Waals surface area contributed by atoms with E-state index in [1.807, 2.05) is 73.7 Å². The Morgan fingerprint density at radius 2 is 1.44 bits per heavy atom. The van der Waals surface area contributed by atoms with Gasteiger partial charge in [-0.15, -0.1) is 0 Å². The summed E-state index contributed by atoms with van der Waals surface area (Å²) in [6, 6.07) is 13.0. The number of benzene rings is 3. The Morgan fingerprint density at radius 3 is 2.18 bits per heavy atom. The fourth-order valence-electron chi connectivity index (χ4n) is 8.47. The van der Waals surface area contributed by atoms with E-state index >= 15 is 0 Å². The molecule has 1 aliphatic rings. The van der Waals surface area contributed by atoms with Crippen molar-refractivity contribution in [2.24, 2.45) is 22.2 Å². The zero-order chi connectivity index (χ0) is 52.9. The molecule has 0 aliphatic carbocycles. The van der Waals surface area contributed by atoms with E-state index in [4.69, 9.17) is 17.2 Å². The quantitative estimate of drug-likeness (QED) is 0.0426. The highest BCUT2D eigenvalue weighted by Crippen LogP contribution is 2.21. The maximum Gasteiger partial charge on any atom is 0.243 e. The summed E-state index contributed by atoms with van der Waals surface area (Å²) in [7, 11) is 0. The lowest BCUT2D eigenvalue weighted by Gasteiger charge is -2.26. The molecular formula is C51H69N13O9. The van der Waals surface area contributed by atoms with Gasteiger partial charge in [-0.05, 0) is 66.5 Å². The minimum Gasteiger partial charge on any atom is -0.370 e. The van der Waals surface area contributed by atoms with Crippen LogP contribution in [0, 0.1) is 0 Å². The number of aromatic amines is 1. The van der Waals surface area contributed by atoms with Gasteiger partial charge in [0.05, 0.1) is 6.42 Å². The second-order valence-electron chi connectivity index (χ2n) is 18.2. The van der Waals surface area contributed by atoms with Gasteiger partial charge >= 0.3 is 0 Å². The van der Waals surface area contributed by atoms with E-state index < -0.39 is 95.8 Å². The zero-order valence-electron chi connectivity index (χ0n) is 41.4. The highest BCUT2D eigenvalue weighted by atomic mass is 16.2. The smallest absolute Gasteiger partial charge is 0.243 e. The first-order valence-corrected chi connectivity index (χ1v) is 24.7. The first-order chi connectivity index (χ1) is 35.0. The first kappa shape index (κ1) is 55.9. The molecule has 3 aromatic carbocycles. The molecular weight excluding hydrogens is 939 g/mol. The van der Waals surface area contributed by atoms with Crippen LogP contribution in [0.5, 0.6) is 0 Å². The van der Waals surface area contributed by atoms with Gasteiger partial charge in [0.15, 0.2) is 5.96 Å². The van der Waals surface area contributed by atoms with E-state index in [1.165, 1.54) is 6.92 Å². The van der Waals surface area contributed by atoms with E-state index in [-0.39, 0.29) is 77.0 Å². The number of carbonyl (C=O) groups excluding carboxylic acids is 9. The standard InChI is InChI=1S/C51H69N13O9/c1-3-4-15-38(59-30(2)65)47(70)64-42-28-44(67)55-22-10-9-17-37(45(52)68)61-50(73)41(27-34-29-58-36-16-8-7-14-35(34)36)63-48(71)39(18-11-23-57-51(53)54)62-49(72)40(60-43(66)21-24-56-46(42)69)26-31-19-20-32-12-5-6-13-33(32)25-31/h5-8,12-14,16,19-20,25,29,37-42,58H,3-4,9-11,15,17-18,21-24,26-28H2,1-2H3,(H2,52,68)(H,55,67)(H,56,69)(H,59,65)(H,60,66)(H,61,73)(H,62,72)(H,63,71)(H,64,70)(H4,53,54,57). The van der Waals surface area contributed by atoms with Gasteiger partial charge in [0.25, 0.3) is 0 Å². The molecule has 1 aromatic heterocycles. The molecule has 15 N–H and O–H groups in total. The first-order valence-electron chi connectivity index (χ1n) is 24.7. The number of para-hydroxylation sites is 1. The summed E-state index contributed by atoms with van der Waals surface area (Å²) in [6.45, 7) is 3.07. The van der Waals surface area contributed by atoms with Gasteiger partial charge in [-0.1, -0.05) is 80.4 Å². The molecule has 0 bridgehead atoms. The third-order valence-corrected chi connectivity index (χ3v) is 12.3. The van der Waals surface area contributed by atoms with Crippen molar-refractivity contribution in [3.05, 3.63) is 84.1 Å². The van der Waals surface area contributed by atoms with Crippen LogP contribution in [0.1, 0.15) is 89.2 Å². The van der Waals surface area contributed by atoms with Crippen molar-refractivity contribution in [2.75, 3.05) is 19.6 Å². The molecule has 1 fully saturated rings. The van der Waals surface area contributed by atoms with E-state index in [2.05, 4.69) is 52.5 Å². The fraction of sp³-hybridized carbons (Fsp3) is 0.451. The van der Waals surface area contributed by atoms with Crippen molar-refractivity contribution in [1.29, 1.82) is 0 Å². The Labute approximate surface area is 423 Å². The number of unbranched alkanes of at least 4 members (excludes halogenated alkanes) is 1. The summed E-state index contributed by atoms with van der Waals surface area (Å²) in [6.07, 6.45) is 3.21. The molecule has 0 saturated carbocycles. The highest BCUT2D eigenvalue weighted by molar-refractivity contribution is 5.97. The van der Waals surface area contributed by atoms with Crippen molar-refractivity contribution in [3.63, 3.8) is 0 Å². The number of primary amides is 1. The molecule has 2 heterocycles. The van der Waals surface area contributed by atoms with Gasteiger partial charge in [0.1, 0.15) is 36.3 Å². The number of H-pyrrole nitrogens is 1. The highest BCUT2D eigenvalue weighted by Gasteiger charge is 2.33. The van der Waals surface area contributed by atoms with Gasteiger partial charge in [0.2, 0.25) is 53.2 Å². The molecule has 6 unspecified atom stereocenters. The number of carbonyl (C=O) groups is 9. The molecule has 0 radical (unpaired) electrons. The number of nitrogens with one attached hydrogen (secondary N) is 9. The number of rotatable bonds is 15. The summed E-state index contributed by atoms with van der Waals surface area (Å²) < 4.78 is 0. The van der Waals surface area contributed by atoms with Crippen LogP contribution in [-0.2, 0) is 56.0 Å². The number of fused-ring (bicyclic) bond motifs is 2. The molecule has 9 amide bonds. The van der Waals surface area contributed by atoms with Gasteiger partial charge in [-0.2, -0.15) is 0 Å². The fourth-order valence-corrected chi connectivity index (χ4v) is 8.47. The van der Waals surface area contributed by atoms with Crippen LogP contribution >= 0.6 is 0 Å². The van der Waals surface area contributed by atoms with Crippen LogP contribution in [0.2, 0.25) is 0 Å². The summed E-state index contributed by atoms with van der Waals surface area (Å²) in [5.74, 6) is -6.47. The summed E-state index contributed by atoms with van der Waals surface area (Å²) >= 11 is 0. The molecule has 6 atom stereocenters. The van der Waals surface area contributed by atoms with E-state index in [0.717, 1.165) is 28.1 Å². The maximum atomic E-state index is 14.5. The van der Waals surface area contributed by atoms with Crippen LogP contribution < -0.4 is 59.7 Å². The number of aromatic nitrogens is 1. The third-order valence-electron chi connectivity index (χ3n) is 12.3. The number of nitrogens with two attached hydrogens (primary N) is 3. The molecule has 73 heavy (non-hydrogen) atoms. The molecule has 1 aliphatic heterocycles. The van der Waals surface area contributed by atoms with Crippen molar-refractivity contribution in [1.82, 2.24) is 47.5 Å². The zero-order valence-corrected chi connectivity index (χ0v) is 41.4. The Bertz CT molecular complexity index is 2630. The molecule has 22 nitrogen and oxygen atoms in total. The third kappa shape index (κ3) is 17.9. The van der Waals surface area contributed by atoms with Crippen molar-refractivity contribution in [3.8, 4) is 0 Å². The van der Waals surface area contributed by atoms with Crippen LogP contribution in [0.4, 0.5) is 0 Å². The lowest BCUT2D eigenvalue weighted by molar-refractivity contribution is -0.134. The lowest BCUT2D eigenvalue weighted by atomic mass is 10.00. The number of hydrogen-bond donors (Lipinski definition) is 12. The predicted octanol–water partition coefficient (Wildman–Crippen LogP) is -0.0394.